The van der Waals surface area contributed by atoms with Crippen LogP contribution in [-0.2, 0) is 54.1 Å². The Morgan fingerprint density at radius 1 is 1.07 bits per heavy atom. The van der Waals surface area contributed by atoms with Crippen molar-refractivity contribution < 1.29 is 76.6 Å². The lowest BCUT2D eigenvalue weighted by atomic mass is 9.83. The molecule has 5 rings (SSSR count). The monoisotopic (exact) mass is 1310 g/mol. The highest BCUT2D eigenvalue weighted by molar-refractivity contribution is 9.10. The number of nitrogens with zero attached hydrogens (tertiary/aromatic N) is 1. The molecule has 3 aliphatic rings. The molecule has 5 amide bonds. The number of rotatable bonds is 26. The molecule has 0 aliphatic carbocycles. The topological polar surface area (TPSA) is 320 Å². The number of ether oxygens (including phenoxy) is 6. The minimum Gasteiger partial charge on any atom is -0.495 e. The lowest BCUT2D eigenvalue weighted by Gasteiger charge is -2.42. The van der Waals surface area contributed by atoms with E-state index in [1.807, 2.05) is 13.0 Å². The van der Waals surface area contributed by atoms with E-state index in [9.17, 15) is 43.8 Å². The fourth-order valence-corrected chi connectivity index (χ4v) is 11.7. The van der Waals surface area contributed by atoms with Gasteiger partial charge >= 0.3 is 12.2 Å². The number of halogens is 4. The van der Waals surface area contributed by atoms with Gasteiger partial charge in [-0.15, -0.1) is 0 Å². The summed E-state index contributed by atoms with van der Waals surface area (Å²) >= 11 is 13.4. The summed E-state index contributed by atoms with van der Waals surface area (Å²) < 4.78 is 51.0. The number of amides is 5. The Kier molecular flexibility index (Phi) is 25.9. The number of aliphatic hydroxyl groups is 2. The third-order valence-corrected chi connectivity index (χ3v) is 17.1. The highest BCUT2D eigenvalue weighted by Crippen LogP contribution is 2.49. The van der Waals surface area contributed by atoms with Crippen molar-refractivity contribution >= 4 is 103 Å². The Labute approximate surface area is 504 Å². The van der Waals surface area contributed by atoms with Gasteiger partial charge in [0.05, 0.1) is 43.1 Å². The number of allylic oxidation sites excluding steroid dienone is 3. The number of carbonyl (C=O) groups is 7. The second-order valence-electron chi connectivity index (χ2n) is 21.5. The van der Waals surface area contributed by atoms with Gasteiger partial charge in [-0.1, -0.05) is 88.0 Å². The molecule has 2 fully saturated rings. The predicted octanol–water partition coefficient (Wildman–Crippen LogP) is 5.64. The molecule has 23 nitrogen and oxygen atoms in total. The molecule has 460 valence electrons. The SMILES string of the molecule is COc1cc2cc(c1Cl)N(C)C(=O)C[C@H](OC(=O)Nc1ccc(NC(=O)[C@H](CCCNC(N)O)NC(=O)[C@@H](NC(C=O)CCCCOC(C=O)(CBr)CBr)C(C)C)cc1F)[C@]1(C)O[C@H]1[C@H](C)[C@@H]1C[C@@](O)(NC(=O)O1)[C@H](OC)/C=C/C=C(\C)C2. The summed E-state index contributed by atoms with van der Waals surface area (Å²) in [6.07, 6.45) is 0.279. The summed E-state index contributed by atoms with van der Waals surface area (Å²) in [6, 6.07) is 3.96. The maximum absolute atomic E-state index is 16.1. The minimum absolute atomic E-state index is 0.0298. The molecular weight excluding hydrogens is 1240 g/mol. The molecule has 10 N–H and O–H groups in total. The van der Waals surface area contributed by atoms with E-state index in [4.69, 9.17) is 45.8 Å². The second-order valence-corrected chi connectivity index (χ2v) is 23.0. The van der Waals surface area contributed by atoms with Gasteiger partial charge in [0.15, 0.2) is 18.4 Å². The molecule has 11 atom stereocenters. The number of alkyl halides is 2. The Morgan fingerprint density at radius 2 is 1.80 bits per heavy atom. The number of epoxide rings is 1. The van der Waals surface area contributed by atoms with Gasteiger partial charge in [0.2, 0.25) is 17.7 Å². The van der Waals surface area contributed by atoms with Crippen LogP contribution in [0.5, 0.6) is 5.75 Å². The van der Waals surface area contributed by atoms with Crippen molar-refractivity contribution in [2.45, 2.75) is 152 Å². The van der Waals surface area contributed by atoms with Crippen molar-refractivity contribution in [2.24, 2.45) is 17.6 Å². The van der Waals surface area contributed by atoms with Crippen LogP contribution < -0.4 is 47.3 Å². The van der Waals surface area contributed by atoms with Gasteiger partial charge in [-0.2, -0.15) is 0 Å². The number of alkyl carbamates (subject to hydrolysis) is 1. The van der Waals surface area contributed by atoms with Crippen LogP contribution in [0.15, 0.2) is 54.1 Å². The van der Waals surface area contributed by atoms with Crippen LogP contribution >= 0.6 is 43.5 Å². The molecule has 27 heteroatoms. The van der Waals surface area contributed by atoms with Gasteiger partial charge in [-0.3, -0.25) is 41.4 Å². The van der Waals surface area contributed by atoms with E-state index in [1.54, 1.807) is 52.0 Å². The highest BCUT2D eigenvalue weighted by atomic mass is 79.9. The number of anilines is 3. The molecule has 83 heavy (non-hydrogen) atoms. The average Bonchev–Trinajstić information content (AvgIpc) is 1.91. The first-order valence-corrected chi connectivity index (χ1v) is 29.8. The molecular formula is C56H78Br2ClFN8O15. The molecule has 3 aliphatic heterocycles. The quantitative estimate of drug-likeness (QED) is 0.0181. The Balaban J connectivity index is 1.34. The highest BCUT2D eigenvalue weighted by Gasteiger charge is 2.64. The van der Waals surface area contributed by atoms with E-state index in [0.29, 0.717) is 42.6 Å². The number of methoxy groups -OCH3 is 2. The molecule has 0 radical (unpaired) electrons. The van der Waals surface area contributed by atoms with Crippen LogP contribution in [0.2, 0.25) is 5.02 Å². The molecule has 2 aromatic carbocycles. The van der Waals surface area contributed by atoms with Gasteiger partial charge in [-0.25, -0.2) is 14.0 Å². The van der Waals surface area contributed by atoms with Gasteiger partial charge in [0.25, 0.3) is 0 Å². The third-order valence-electron chi connectivity index (χ3n) is 14.8. The lowest BCUT2D eigenvalue weighted by Crippen LogP contribution is -2.63. The third kappa shape index (κ3) is 18.7. The number of nitrogens with one attached hydrogen (secondary N) is 6. The first-order valence-electron chi connectivity index (χ1n) is 27.2. The largest absolute Gasteiger partial charge is 0.495 e. The first-order chi connectivity index (χ1) is 39.3. The van der Waals surface area contributed by atoms with E-state index in [2.05, 4.69) is 63.8 Å². The Morgan fingerprint density at radius 3 is 2.42 bits per heavy atom. The summed E-state index contributed by atoms with van der Waals surface area (Å²) in [5, 5.41) is 38.1. The standard InChI is InChI=1S/C56H78Br2ClFN8O15/c1-31(2)47(63-36(27-69)14-9-10-20-80-55(28-57,29-58)30-70)50(73)65-39(15-12-19-62-51(61)74)49(72)64-35-17-18-38(37(60)24-35)66-52(75)82-44-25-45(71)68(6)40-22-34(23-41(78-7)46(40)59)21-32(3)13-11-16-43(79-8)56(77)26-42(81-53(76)67-56)33(4)48-54(44,5)83-48/h11,13,16-18,22-24,27,30-31,33,36,39,42-44,47-48,51,62-63,74,77H,9-10,12,14-15,19-21,25-26,28-29,61H2,1-8H3,(H,64,72)(H,65,73)(H,66,75)(H,67,76)/b16-11+,32-13+/t33-,36?,39+,42+,43-,44+,47+,48+,51?,54+,56+/m1/s1. The number of aldehydes is 2. The van der Waals surface area contributed by atoms with E-state index < -0.39 is 114 Å². The smallest absolute Gasteiger partial charge is 0.412 e. The number of carbonyl (C=O) groups excluding carboxylic acids is 7. The van der Waals surface area contributed by atoms with Crippen molar-refractivity contribution in [3.8, 4) is 5.75 Å². The number of nitrogens with two attached hydrogens (primary N) is 1. The first kappa shape index (κ1) is 68.6. The fraction of sp³-hybridized carbons (Fsp3) is 0.589. The number of hydrogen-bond donors (Lipinski definition) is 9. The van der Waals surface area contributed by atoms with Crippen LogP contribution in [0, 0.1) is 17.7 Å². The van der Waals surface area contributed by atoms with Crippen LogP contribution in [0.1, 0.15) is 85.1 Å². The van der Waals surface area contributed by atoms with Gasteiger partial charge in [-0.05, 0) is 101 Å². The summed E-state index contributed by atoms with van der Waals surface area (Å²) in [6.45, 7) is 9.14. The van der Waals surface area contributed by atoms with Crippen LogP contribution in [0.4, 0.5) is 31.0 Å². The maximum Gasteiger partial charge on any atom is 0.412 e. The van der Waals surface area contributed by atoms with Crippen LogP contribution in [0.25, 0.3) is 0 Å². The summed E-state index contributed by atoms with van der Waals surface area (Å²) in [5.41, 5.74) is 2.50. The van der Waals surface area contributed by atoms with Gasteiger partial charge in [0.1, 0.15) is 58.4 Å². The molecule has 3 heterocycles. The predicted molar refractivity (Wildman–Crippen MR) is 315 cm³/mol. The fourth-order valence-electron chi connectivity index (χ4n) is 9.83. The van der Waals surface area contributed by atoms with Crippen LogP contribution in [0.3, 0.4) is 0 Å². The van der Waals surface area contributed by atoms with Crippen molar-refractivity contribution in [3.63, 3.8) is 0 Å². The number of aliphatic hydroxyl groups excluding tert-OH is 1. The lowest BCUT2D eigenvalue weighted by molar-refractivity contribution is -0.142. The maximum atomic E-state index is 16.1. The molecule has 2 saturated heterocycles. The average molecular weight is 1320 g/mol. The normalized spacial score (nSPS) is 25.4. The van der Waals surface area contributed by atoms with Crippen molar-refractivity contribution in [1.29, 1.82) is 0 Å². The number of benzene rings is 2. The number of unbranched alkanes of at least 4 members (excludes halogenated alkanes) is 1. The van der Waals surface area contributed by atoms with Crippen LogP contribution in [-0.4, -0.2) is 164 Å². The number of hydrogen-bond acceptors (Lipinski definition) is 18. The van der Waals surface area contributed by atoms with Crippen molar-refractivity contribution in [1.82, 2.24) is 21.3 Å². The van der Waals surface area contributed by atoms with Gasteiger partial charge in [0, 0.05) is 49.5 Å². The Hall–Kier alpha value is -5.13. The van der Waals surface area contributed by atoms with E-state index >= 15 is 4.39 Å². The molecule has 0 saturated carbocycles. The van der Waals surface area contributed by atoms with E-state index in [0.717, 1.165) is 23.5 Å². The summed E-state index contributed by atoms with van der Waals surface area (Å²) in [7, 11) is 4.32. The molecule has 4 bridgehead atoms. The Bertz CT molecular complexity index is 2670. The van der Waals surface area contributed by atoms with E-state index in [-0.39, 0.29) is 66.2 Å². The zero-order valence-electron chi connectivity index (χ0n) is 47.8. The molecule has 2 aromatic rings. The number of fused-ring (bicyclic) bond motifs is 5. The summed E-state index contributed by atoms with van der Waals surface area (Å²) in [4.78, 5) is 94.3. The zero-order valence-corrected chi connectivity index (χ0v) is 51.7. The molecule has 0 aromatic heterocycles. The molecule has 2 unspecified atom stereocenters. The zero-order chi connectivity index (χ0) is 61.4. The molecule has 0 spiro atoms. The van der Waals surface area contributed by atoms with Gasteiger partial charge < -0.3 is 63.8 Å². The minimum atomic E-state index is -1.93. The summed E-state index contributed by atoms with van der Waals surface area (Å²) in [5.74, 6) is -3.66. The van der Waals surface area contributed by atoms with Crippen molar-refractivity contribution in [2.75, 3.05) is 60.6 Å². The van der Waals surface area contributed by atoms with E-state index in [1.165, 1.54) is 38.3 Å². The van der Waals surface area contributed by atoms with Crippen molar-refractivity contribution in [3.05, 3.63) is 70.5 Å². The second kappa shape index (κ2) is 31.3.